The van der Waals surface area contributed by atoms with Crippen molar-refractivity contribution in [1.82, 2.24) is 4.90 Å². The van der Waals surface area contributed by atoms with Crippen LogP contribution in [0.15, 0.2) is 54.6 Å². The van der Waals surface area contributed by atoms with Crippen molar-refractivity contribution in [3.05, 3.63) is 65.7 Å². The number of esters is 1. The van der Waals surface area contributed by atoms with E-state index in [4.69, 9.17) is 9.47 Å². The van der Waals surface area contributed by atoms with Crippen molar-refractivity contribution in [3.8, 4) is 5.75 Å². The number of anilines is 1. The molecule has 0 spiro atoms. The summed E-state index contributed by atoms with van der Waals surface area (Å²) in [6, 6.07) is 14.5. The van der Waals surface area contributed by atoms with Crippen molar-refractivity contribution in [3.63, 3.8) is 0 Å². The maximum absolute atomic E-state index is 12.4. The fraction of sp³-hybridized carbons (Fsp3) is 0.261. The minimum absolute atomic E-state index is 0.158. The molecular formula is C23H26N2O5. The van der Waals surface area contributed by atoms with Gasteiger partial charge >= 0.3 is 5.97 Å². The largest absolute Gasteiger partial charge is 0.497 e. The molecule has 7 heteroatoms. The SMILES string of the molecule is COc1cccc(/C=C/C(=O)O[C@H](C)C(=O)N(C)CC(=O)Nc2ccc(C)cc2)c1. The molecule has 0 fully saturated rings. The van der Waals surface area contributed by atoms with E-state index in [0.717, 1.165) is 11.1 Å². The molecule has 1 N–H and O–H groups in total. The van der Waals surface area contributed by atoms with E-state index < -0.39 is 18.0 Å². The number of hydrogen-bond acceptors (Lipinski definition) is 5. The number of ether oxygens (including phenoxy) is 2. The lowest BCUT2D eigenvalue weighted by atomic mass is 10.2. The van der Waals surface area contributed by atoms with Crippen LogP contribution >= 0.6 is 0 Å². The Morgan fingerprint density at radius 1 is 1.13 bits per heavy atom. The summed E-state index contributed by atoms with van der Waals surface area (Å²) in [6.07, 6.45) is 1.79. The second-order valence-corrected chi connectivity index (χ2v) is 6.80. The molecular weight excluding hydrogens is 384 g/mol. The zero-order valence-electron chi connectivity index (χ0n) is 17.5. The van der Waals surface area contributed by atoms with Crippen molar-refractivity contribution in [2.24, 2.45) is 0 Å². The smallest absolute Gasteiger partial charge is 0.331 e. The Kier molecular flexibility index (Phi) is 8.17. The van der Waals surface area contributed by atoms with E-state index in [9.17, 15) is 14.4 Å². The van der Waals surface area contributed by atoms with Crippen molar-refractivity contribution in [1.29, 1.82) is 0 Å². The lowest BCUT2D eigenvalue weighted by Gasteiger charge is -2.20. The minimum Gasteiger partial charge on any atom is -0.497 e. The molecule has 0 heterocycles. The Labute approximate surface area is 176 Å². The summed E-state index contributed by atoms with van der Waals surface area (Å²) in [4.78, 5) is 37.8. The molecule has 2 aromatic carbocycles. The second-order valence-electron chi connectivity index (χ2n) is 6.80. The van der Waals surface area contributed by atoms with Crippen molar-refractivity contribution < 1.29 is 23.9 Å². The van der Waals surface area contributed by atoms with Crippen LogP contribution in [-0.4, -0.2) is 49.5 Å². The molecule has 0 saturated heterocycles. The van der Waals surface area contributed by atoms with Gasteiger partial charge in [0, 0.05) is 18.8 Å². The third-order valence-corrected chi connectivity index (χ3v) is 4.24. The zero-order valence-corrected chi connectivity index (χ0v) is 17.5. The van der Waals surface area contributed by atoms with Crippen molar-refractivity contribution in [2.75, 3.05) is 26.0 Å². The second kappa shape index (κ2) is 10.8. The van der Waals surface area contributed by atoms with Crippen LogP contribution in [0.3, 0.4) is 0 Å². The summed E-state index contributed by atoms with van der Waals surface area (Å²) < 4.78 is 10.3. The van der Waals surface area contributed by atoms with Gasteiger partial charge in [-0.25, -0.2) is 4.79 Å². The number of carbonyl (C=O) groups excluding carboxylic acids is 3. The van der Waals surface area contributed by atoms with Gasteiger partial charge in [-0.2, -0.15) is 0 Å². The number of nitrogens with one attached hydrogen (secondary N) is 1. The first-order valence-electron chi connectivity index (χ1n) is 9.42. The maximum atomic E-state index is 12.4. The van der Waals surface area contributed by atoms with Gasteiger partial charge in [0.2, 0.25) is 5.91 Å². The number of benzene rings is 2. The van der Waals surface area contributed by atoms with Crippen LogP contribution in [0.2, 0.25) is 0 Å². The number of methoxy groups -OCH3 is 1. The van der Waals surface area contributed by atoms with Gasteiger partial charge in [0.15, 0.2) is 6.10 Å². The average Bonchev–Trinajstić information content (AvgIpc) is 2.73. The van der Waals surface area contributed by atoms with Gasteiger partial charge < -0.3 is 19.7 Å². The standard InChI is InChI=1S/C23H26N2O5/c1-16-8-11-19(12-9-16)24-21(26)15-25(3)23(28)17(2)30-22(27)13-10-18-6-5-7-20(14-18)29-4/h5-14,17H,15H2,1-4H3,(H,24,26)/b13-10+/t17-/m1/s1. The van der Waals surface area contributed by atoms with Crippen LogP contribution in [0.5, 0.6) is 5.75 Å². The minimum atomic E-state index is -1.02. The molecule has 1 atom stereocenters. The number of aryl methyl sites for hydroxylation is 1. The summed E-state index contributed by atoms with van der Waals surface area (Å²) in [5, 5.41) is 2.72. The molecule has 0 aliphatic carbocycles. The molecule has 2 aromatic rings. The van der Waals surface area contributed by atoms with Gasteiger partial charge in [-0.1, -0.05) is 29.8 Å². The first-order chi connectivity index (χ1) is 14.3. The molecule has 0 bridgehead atoms. The highest BCUT2D eigenvalue weighted by molar-refractivity contribution is 5.95. The summed E-state index contributed by atoms with van der Waals surface area (Å²) >= 11 is 0. The summed E-state index contributed by atoms with van der Waals surface area (Å²) in [6.45, 7) is 3.26. The fourth-order valence-corrected chi connectivity index (χ4v) is 2.61. The van der Waals surface area contributed by atoms with Crippen molar-refractivity contribution in [2.45, 2.75) is 20.0 Å². The molecule has 2 amide bonds. The molecule has 0 unspecified atom stereocenters. The number of rotatable bonds is 8. The highest BCUT2D eigenvalue weighted by atomic mass is 16.5. The molecule has 2 rings (SSSR count). The van der Waals surface area contributed by atoms with Crippen LogP contribution in [0, 0.1) is 6.92 Å². The number of amides is 2. The number of hydrogen-bond donors (Lipinski definition) is 1. The van der Waals surface area contributed by atoms with Crippen LogP contribution in [-0.2, 0) is 19.1 Å². The molecule has 158 valence electrons. The molecule has 0 radical (unpaired) electrons. The van der Waals surface area contributed by atoms with Crippen LogP contribution < -0.4 is 10.1 Å². The Hall–Kier alpha value is -3.61. The van der Waals surface area contributed by atoms with Crippen molar-refractivity contribution >= 4 is 29.5 Å². The zero-order chi connectivity index (χ0) is 22.1. The van der Waals surface area contributed by atoms with E-state index in [2.05, 4.69) is 5.32 Å². The Morgan fingerprint density at radius 3 is 2.50 bits per heavy atom. The Morgan fingerprint density at radius 2 is 1.83 bits per heavy atom. The molecule has 0 saturated carbocycles. The molecule has 0 aliphatic heterocycles. The third-order valence-electron chi connectivity index (χ3n) is 4.24. The normalized spacial score (nSPS) is 11.6. The van der Waals surface area contributed by atoms with Crippen LogP contribution in [0.4, 0.5) is 5.69 Å². The maximum Gasteiger partial charge on any atom is 0.331 e. The van der Waals surface area contributed by atoms with Crippen LogP contribution in [0.1, 0.15) is 18.1 Å². The molecule has 0 aliphatic rings. The fourth-order valence-electron chi connectivity index (χ4n) is 2.61. The van der Waals surface area contributed by atoms with E-state index in [-0.39, 0.29) is 12.5 Å². The highest BCUT2D eigenvalue weighted by Crippen LogP contribution is 2.14. The van der Waals surface area contributed by atoms with E-state index in [0.29, 0.717) is 11.4 Å². The summed E-state index contributed by atoms with van der Waals surface area (Å²) in [5.41, 5.74) is 2.49. The highest BCUT2D eigenvalue weighted by Gasteiger charge is 2.22. The number of nitrogens with zero attached hydrogens (tertiary/aromatic N) is 1. The predicted molar refractivity (Wildman–Crippen MR) is 115 cm³/mol. The lowest BCUT2D eigenvalue weighted by molar-refractivity contribution is -0.154. The van der Waals surface area contributed by atoms with Gasteiger partial charge in [0.05, 0.1) is 13.7 Å². The number of likely N-dealkylation sites (N-methyl/N-ethyl adjacent to an activating group) is 1. The third kappa shape index (κ3) is 7.09. The van der Waals surface area contributed by atoms with Gasteiger partial charge in [-0.15, -0.1) is 0 Å². The molecule has 0 aromatic heterocycles. The summed E-state index contributed by atoms with van der Waals surface area (Å²) in [5.74, 6) is -0.806. The van der Waals surface area contributed by atoms with Gasteiger partial charge in [0.25, 0.3) is 5.91 Å². The van der Waals surface area contributed by atoms with Gasteiger partial charge in [-0.05, 0) is 49.8 Å². The molecule has 30 heavy (non-hydrogen) atoms. The molecule has 7 nitrogen and oxygen atoms in total. The topological polar surface area (TPSA) is 84.9 Å². The van der Waals surface area contributed by atoms with E-state index in [1.165, 1.54) is 24.9 Å². The van der Waals surface area contributed by atoms with Gasteiger partial charge in [0.1, 0.15) is 5.75 Å². The predicted octanol–water partition coefficient (Wildman–Crippen LogP) is 3.05. The lowest BCUT2D eigenvalue weighted by Crippen LogP contribution is -2.41. The quantitative estimate of drug-likeness (QED) is 0.534. The van der Waals surface area contributed by atoms with E-state index in [1.807, 2.05) is 19.1 Å². The average molecular weight is 410 g/mol. The first kappa shape index (κ1) is 22.7. The first-order valence-corrected chi connectivity index (χ1v) is 9.42. The number of carbonyl (C=O) groups is 3. The Balaban J connectivity index is 1.84. The van der Waals surface area contributed by atoms with E-state index in [1.54, 1.807) is 49.6 Å². The summed E-state index contributed by atoms with van der Waals surface area (Å²) in [7, 11) is 3.04. The van der Waals surface area contributed by atoms with E-state index >= 15 is 0 Å². The van der Waals surface area contributed by atoms with Crippen LogP contribution in [0.25, 0.3) is 6.08 Å². The van der Waals surface area contributed by atoms with Gasteiger partial charge in [-0.3, -0.25) is 9.59 Å². The monoisotopic (exact) mass is 410 g/mol. The Bertz CT molecular complexity index is 921.